The van der Waals surface area contributed by atoms with E-state index in [1.807, 2.05) is 0 Å². The van der Waals surface area contributed by atoms with Gasteiger partial charge in [0.25, 0.3) is 11.5 Å². The van der Waals surface area contributed by atoms with E-state index < -0.39 is 23.0 Å². The second-order valence-electron chi connectivity index (χ2n) is 5.66. The van der Waals surface area contributed by atoms with E-state index >= 15 is 0 Å². The molecule has 1 heterocycles. The molecular formula is C14H20N2O4. The summed E-state index contributed by atoms with van der Waals surface area (Å²) in [7, 11) is 0. The first kappa shape index (κ1) is 15.9. The highest BCUT2D eigenvalue weighted by molar-refractivity contribution is 5.94. The highest BCUT2D eigenvalue weighted by Gasteiger charge is 2.29. The van der Waals surface area contributed by atoms with Gasteiger partial charge in [-0.05, 0) is 39.8 Å². The van der Waals surface area contributed by atoms with Crippen LogP contribution in [-0.2, 0) is 4.79 Å². The van der Waals surface area contributed by atoms with Gasteiger partial charge in [-0.3, -0.25) is 14.4 Å². The van der Waals surface area contributed by atoms with Crippen LogP contribution in [0.1, 0.15) is 43.2 Å². The Morgan fingerprint density at radius 1 is 1.30 bits per heavy atom. The molecular weight excluding hydrogens is 260 g/mol. The number of amides is 1. The molecule has 1 rings (SSSR count). The van der Waals surface area contributed by atoms with Crippen molar-refractivity contribution in [3.05, 3.63) is 33.7 Å². The van der Waals surface area contributed by atoms with Crippen molar-refractivity contribution in [2.75, 3.05) is 6.54 Å². The molecule has 0 unspecified atom stereocenters. The third-order valence-corrected chi connectivity index (χ3v) is 2.89. The molecule has 0 atom stereocenters. The largest absolute Gasteiger partial charge is 0.481 e. The van der Waals surface area contributed by atoms with Crippen LogP contribution in [-0.4, -0.2) is 39.0 Å². The Kier molecular flexibility index (Phi) is 4.70. The minimum atomic E-state index is -0.982. The van der Waals surface area contributed by atoms with Crippen LogP contribution in [0.4, 0.5) is 0 Å². The summed E-state index contributed by atoms with van der Waals surface area (Å²) < 4.78 is 0. The first-order valence-electron chi connectivity index (χ1n) is 6.36. The van der Waals surface area contributed by atoms with Crippen LogP contribution >= 0.6 is 0 Å². The standard InChI is InChI=1S/C14H20N2O4/c1-9-5-6-10(12(19)15-9)13(20)16(14(2,3)4)8-7-11(17)18/h5-6H,7-8H2,1-4H3,(H,15,19)(H,17,18). The number of hydrogen-bond donors (Lipinski definition) is 2. The van der Waals surface area contributed by atoms with Gasteiger partial charge in [0, 0.05) is 17.8 Å². The molecule has 0 aliphatic carbocycles. The van der Waals surface area contributed by atoms with E-state index in [1.54, 1.807) is 33.8 Å². The average molecular weight is 280 g/mol. The van der Waals surface area contributed by atoms with Gasteiger partial charge in [0.1, 0.15) is 5.56 Å². The van der Waals surface area contributed by atoms with Gasteiger partial charge < -0.3 is 15.0 Å². The Hall–Kier alpha value is -2.11. The lowest BCUT2D eigenvalue weighted by Gasteiger charge is -2.35. The van der Waals surface area contributed by atoms with Crippen molar-refractivity contribution in [3.8, 4) is 0 Å². The lowest BCUT2D eigenvalue weighted by Crippen LogP contribution is -2.48. The van der Waals surface area contributed by atoms with Crippen LogP contribution < -0.4 is 5.56 Å². The molecule has 0 spiro atoms. The number of rotatable bonds is 4. The normalized spacial score (nSPS) is 11.2. The van der Waals surface area contributed by atoms with Gasteiger partial charge in [-0.2, -0.15) is 0 Å². The van der Waals surface area contributed by atoms with Crippen molar-refractivity contribution in [1.29, 1.82) is 0 Å². The average Bonchev–Trinajstić information content (AvgIpc) is 2.26. The number of carbonyl (C=O) groups is 2. The molecule has 6 heteroatoms. The highest BCUT2D eigenvalue weighted by Crippen LogP contribution is 2.16. The number of nitrogens with one attached hydrogen (secondary N) is 1. The number of pyridine rings is 1. The van der Waals surface area contributed by atoms with E-state index in [9.17, 15) is 14.4 Å². The van der Waals surface area contributed by atoms with Crippen molar-refractivity contribution in [1.82, 2.24) is 9.88 Å². The summed E-state index contributed by atoms with van der Waals surface area (Å²) in [5, 5.41) is 8.77. The summed E-state index contributed by atoms with van der Waals surface area (Å²) >= 11 is 0. The number of carbonyl (C=O) groups excluding carboxylic acids is 1. The van der Waals surface area contributed by atoms with Crippen molar-refractivity contribution in [2.45, 2.75) is 39.7 Å². The third kappa shape index (κ3) is 3.94. The molecule has 1 aromatic heterocycles. The number of hydrogen-bond acceptors (Lipinski definition) is 3. The maximum Gasteiger partial charge on any atom is 0.305 e. The molecule has 0 radical (unpaired) electrons. The maximum absolute atomic E-state index is 12.4. The van der Waals surface area contributed by atoms with Crippen LogP contribution in [0, 0.1) is 6.92 Å². The number of aromatic nitrogens is 1. The van der Waals surface area contributed by atoms with Crippen LogP contribution in [0.25, 0.3) is 0 Å². The van der Waals surface area contributed by atoms with E-state index in [-0.39, 0.29) is 18.5 Å². The topological polar surface area (TPSA) is 90.5 Å². The smallest absolute Gasteiger partial charge is 0.305 e. The molecule has 6 nitrogen and oxygen atoms in total. The first-order valence-corrected chi connectivity index (χ1v) is 6.36. The van der Waals surface area contributed by atoms with E-state index in [1.165, 1.54) is 11.0 Å². The lowest BCUT2D eigenvalue weighted by molar-refractivity contribution is -0.137. The molecule has 1 aromatic rings. The molecule has 20 heavy (non-hydrogen) atoms. The molecule has 0 saturated carbocycles. The van der Waals surface area contributed by atoms with Gasteiger partial charge in [-0.1, -0.05) is 0 Å². The van der Waals surface area contributed by atoms with Gasteiger partial charge in [0.2, 0.25) is 0 Å². The maximum atomic E-state index is 12.4. The summed E-state index contributed by atoms with van der Waals surface area (Å²) in [5.74, 6) is -1.44. The van der Waals surface area contributed by atoms with Crippen molar-refractivity contribution < 1.29 is 14.7 Å². The molecule has 0 aliphatic heterocycles. The molecule has 0 bridgehead atoms. The Balaban J connectivity index is 3.10. The van der Waals surface area contributed by atoms with Gasteiger partial charge in [-0.15, -0.1) is 0 Å². The summed E-state index contributed by atoms with van der Waals surface area (Å²) in [5.41, 5.74) is -0.334. The SMILES string of the molecule is Cc1ccc(C(=O)N(CCC(=O)O)C(C)(C)C)c(=O)[nH]1. The summed E-state index contributed by atoms with van der Waals surface area (Å²) in [6, 6.07) is 3.11. The van der Waals surface area contributed by atoms with Crippen LogP contribution in [0.2, 0.25) is 0 Å². The highest BCUT2D eigenvalue weighted by atomic mass is 16.4. The number of nitrogens with zero attached hydrogens (tertiary/aromatic N) is 1. The van der Waals surface area contributed by atoms with Crippen molar-refractivity contribution in [3.63, 3.8) is 0 Å². The number of H-pyrrole nitrogens is 1. The molecule has 0 aliphatic rings. The van der Waals surface area contributed by atoms with E-state index in [0.717, 1.165) is 0 Å². The predicted octanol–water partition coefficient (Wildman–Crippen LogP) is 1.40. The zero-order valence-electron chi connectivity index (χ0n) is 12.2. The predicted molar refractivity (Wildman–Crippen MR) is 74.8 cm³/mol. The molecule has 110 valence electrons. The van der Waals surface area contributed by atoms with Gasteiger partial charge in [-0.25, -0.2) is 0 Å². The summed E-state index contributed by atoms with van der Waals surface area (Å²) in [6.45, 7) is 7.19. The quantitative estimate of drug-likeness (QED) is 0.872. The second-order valence-corrected chi connectivity index (χ2v) is 5.66. The zero-order valence-corrected chi connectivity index (χ0v) is 12.2. The van der Waals surface area contributed by atoms with Crippen LogP contribution in [0.15, 0.2) is 16.9 Å². The molecule has 0 aromatic carbocycles. The minimum Gasteiger partial charge on any atom is -0.481 e. The van der Waals surface area contributed by atoms with Crippen molar-refractivity contribution in [2.24, 2.45) is 0 Å². The number of carboxylic acid groups (broad SMARTS) is 1. The Bertz CT molecular complexity index is 569. The Morgan fingerprint density at radius 2 is 1.90 bits per heavy atom. The zero-order chi connectivity index (χ0) is 15.5. The molecule has 1 amide bonds. The lowest BCUT2D eigenvalue weighted by atomic mass is 10.0. The fourth-order valence-electron chi connectivity index (χ4n) is 1.83. The number of aromatic amines is 1. The first-order chi connectivity index (χ1) is 9.12. The molecule has 0 saturated heterocycles. The fourth-order valence-corrected chi connectivity index (χ4v) is 1.83. The van der Waals surface area contributed by atoms with Crippen molar-refractivity contribution >= 4 is 11.9 Å². The van der Waals surface area contributed by atoms with Crippen LogP contribution in [0.3, 0.4) is 0 Å². The van der Waals surface area contributed by atoms with Gasteiger partial charge >= 0.3 is 5.97 Å². The van der Waals surface area contributed by atoms with Crippen LogP contribution in [0.5, 0.6) is 0 Å². The third-order valence-electron chi connectivity index (χ3n) is 2.89. The number of carboxylic acids is 1. The van der Waals surface area contributed by atoms with Gasteiger partial charge in [0.15, 0.2) is 0 Å². The van der Waals surface area contributed by atoms with Gasteiger partial charge in [0.05, 0.1) is 6.42 Å². The monoisotopic (exact) mass is 280 g/mol. The minimum absolute atomic E-state index is 0.0240. The fraction of sp³-hybridized carbons (Fsp3) is 0.500. The molecule has 2 N–H and O–H groups in total. The van der Waals surface area contributed by atoms with E-state index in [0.29, 0.717) is 5.69 Å². The number of aryl methyl sites for hydroxylation is 1. The Morgan fingerprint density at radius 3 is 2.35 bits per heavy atom. The molecule has 0 fully saturated rings. The Labute approximate surface area is 117 Å². The van der Waals surface area contributed by atoms with E-state index in [4.69, 9.17) is 5.11 Å². The number of aliphatic carboxylic acids is 1. The van der Waals surface area contributed by atoms with E-state index in [2.05, 4.69) is 4.98 Å². The second kappa shape index (κ2) is 5.90. The summed E-state index contributed by atoms with van der Waals surface area (Å²) in [4.78, 5) is 39.0. The summed E-state index contributed by atoms with van der Waals surface area (Å²) in [6.07, 6.45) is -0.160.